The first kappa shape index (κ1) is 56.7. The highest BCUT2D eigenvalue weighted by Crippen LogP contribution is 2.09. The van der Waals surface area contributed by atoms with Gasteiger partial charge in [0.15, 0.2) is 0 Å². The summed E-state index contributed by atoms with van der Waals surface area (Å²) in [5.74, 6) is -4.67. The number of nitrogens with one attached hydrogen (secondary N) is 13. The summed E-state index contributed by atoms with van der Waals surface area (Å²) in [6, 6.07) is -7.64. The number of H-pyrrole nitrogens is 6. The molecule has 0 aliphatic rings. The Morgan fingerprint density at radius 2 is 0.737 bits per heavy atom. The van der Waals surface area contributed by atoms with Gasteiger partial charge in [-0.1, -0.05) is 0 Å². The number of amides is 7. The molecule has 6 atom stereocenters. The minimum Gasteiger partial charge on any atom is -0.380 e. The van der Waals surface area contributed by atoms with E-state index in [9.17, 15) is 33.6 Å². The first-order valence-corrected chi connectivity index (χ1v) is 24.3. The van der Waals surface area contributed by atoms with Gasteiger partial charge in [-0.3, -0.25) is 33.6 Å². The maximum atomic E-state index is 14.6. The zero-order chi connectivity index (χ0) is 53.9. The SMILES string of the molecule is CCOCCNC(=O)COCCOCCNC(=O)[C@@H](Cc1cnc[nH]1)NC(=O)[C@H](Cc1cnc[nH]1)NC(=O)[C@H](Cc1cnc[nH]1)NC(=O)[C@H](Cc1cnc[nH]1)NC(=O)[C@H](Cc1cnc[nH]1)NC(=O)[C@@H](N)Cc1cnc[nH]1. The van der Waals surface area contributed by atoms with Crippen LogP contribution in [-0.2, 0) is 86.3 Å². The normalized spacial score (nSPS) is 13.6. The Morgan fingerprint density at radius 1 is 0.421 bits per heavy atom. The Kier molecular flexibility index (Phi) is 22.8. The predicted molar refractivity (Wildman–Crippen MR) is 266 cm³/mol. The van der Waals surface area contributed by atoms with E-state index in [2.05, 4.69) is 97.0 Å². The van der Waals surface area contributed by atoms with E-state index in [4.69, 9.17) is 19.9 Å². The molecule has 0 unspecified atom stereocenters. The molecule has 30 nitrogen and oxygen atoms in total. The molecule has 6 aromatic heterocycles. The van der Waals surface area contributed by atoms with E-state index in [0.29, 0.717) is 53.9 Å². The second kappa shape index (κ2) is 30.6. The van der Waals surface area contributed by atoms with Gasteiger partial charge in [-0.05, 0) is 6.92 Å². The molecule has 6 heterocycles. The van der Waals surface area contributed by atoms with Crippen LogP contribution in [0, 0.1) is 0 Å². The van der Waals surface area contributed by atoms with Crippen molar-refractivity contribution in [3.63, 3.8) is 0 Å². The molecule has 408 valence electrons. The van der Waals surface area contributed by atoms with E-state index < -0.39 is 71.7 Å². The summed E-state index contributed by atoms with van der Waals surface area (Å²) in [6.45, 7) is 3.42. The van der Waals surface area contributed by atoms with Crippen LogP contribution < -0.4 is 43.0 Å². The number of aromatic amines is 6. The van der Waals surface area contributed by atoms with Gasteiger partial charge in [0.05, 0.1) is 70.4 Å². The number of carbonyl (C=O) groups excluding carboxylic acids is 7. The summed E-state index contributed by atoms with van der Waals surface area (Å²) in [7, 11) is 0. The van der Waals surface area contributed by atoms with E-state index in [1.807, 2.05) is 6.92 Å². The van der Waals surface area contributed by atoms with Crippen LogP contribution in [0.25, 0.3) is 0 Å². The average Bonchev–Trinajstić information content (AvgIpc) is 4.27. The van der Waals surface area contributed by atoms with Crippen molar-refractivity contribution in [2.45, 2.75) is 81.7 Å². The quantitative estimate of drug-likeness (QED) is 0.0168. The number of hydrogen-bond donors (Lipinski definition) is 14. The van der Waals surface area contributed by atoms with E-state index >= 15 is 0 Å². The Bertz CT molecular complexity index is 2630. The monoisotopic (exact) mass is 1060 g/mol. The third-order valence-electron chi connectivity index (χ3n) is 11.3. The molecule has 0 saturated carbocycles. The molecular weight excluding hydrogens is 993 g/mol. The molecule has 0 saturated heterocycles. The van der Waals surface area contributed by atoms with Gasteiger partial charge in [0, 0.05) is 130 Å². The Labute approximate surface area is 434 Å². The first-order valence-electron chi connectivity index (χ1n) is 24.3. The molecule has 0 spiro atoms. The van der Waals surface area contributed by atoms with Crippen LogP contribution in [0.3, 0.4) is 0 Å². The van der Waals surface area contributed by atoms with E-state index in [0.717, 1.165) is 0 Å². The fraction of sp³-hybridized carbons (Fsp3) is 0.457. The molecule has 30 heteroatoms. The highest BCUT2D eigenvalue weighted by atomic mass is 16.5. The highest BCUT2D eigenvalue weighted by molar-refractivity contribution is 5.97. The number of nitrogens with two attached hydrogens (primary N) is 1. The van der Waals surface area contributed by atoms with Crippen LogP contribution in [0.2, 0.25) is 0 Å². The smallest absolute Gasteiger partial charge is 0.246 e. The minimum absolute atomic E-state index is 0.0179. The Balaban J connectivity index is 1.13. The zero-order valence-electron chi connectivity index (χ0n) is 41.6. The maximum Gasteiger partial charge on any atom is 0.246 e. The van der Waals surface area contributed by atoms with Crippen LogP contribution in [0.5, 0.6) is 0 Å². The largest absolute Gasteiger partial charge is 0.380 e. The molecule has 7 amide bonds. The van der Waals surface area contributed by atoms with Gasteiger partial charge >= 0.3 is 0 Å². The van der Waals surface area contributed by atoms with Gasteiger partial charge in [0.2, 0.25) is 41.4 Å². The van der Waals surface area contributed by atoms with Crippen molar-refractivity contribution >= 4 is 41.4 Å². The lowest BCUT2D eigenvalue weighted by Crippen LogP contribution is -2.61. The summed E-state index contributed by atoms with van der Waals surface area (Å²) in [4.78, 5) is 138. The standard InChI is InChI=1S/C46H64N20O10/c1-2-74-5-3-54-40(67)21-76-8-7-75-6-4-55-42(69)35(10-29-16-49-23-57-29)63-44(71)37(12-31-18-51-25-59-31)65-46(73)39(14-33-20-53-27-61-33)66-45(72)38(13-32-19-52-26-60-32)64-43(70)36(11-30-17-50-24-58-30)62-41(68)34(47)9-28-15-48-22-56-28/h15-20,22-27,34-39H,2-14,21,47H2,1H3,(H,48,56)(H,49,57)(H,50,58)(H,51,59)(H,52,60)(H,53,61)(H,54,67)(H,55,69)(H,62,68)(H,63,71)(H,64,70)(H,65,73)(H,66,72)/t34-,35+,36-,37-,38-,39-/m0/s1. The van der Waals surface area contributed by atoms with Crippen LogP contribution in [-0.4, -0.2) is 190 Å². The van der Waals surface area contributed by atoms with Gasteiger partial charge in [-0.25, -0.2) is 29.9 Å². The lowest BCUT2D eigenvalue weighted by atomic mass is 10.0. The molecule has 0 radical (unpaired) electrons. The molecule has 0 fully saturated rings. The summed E-state index contributed by atoms with van der Waals surface area (Å²) in [5.41, 5.74) is 9.16. The molecule has 0 aromatic carbocycles. The van der Waals surface area contributed by atoms with Gasteiger partial charge in [-0.15, -0.1) is 0 Å². The fourth-order valence-corrected chi connectivity index (χ4v) is 7.43. The first-order chi connectivity index (χ1) is 36.9. The van der Waals surface area contributed by atoms with Crippen molar-refractivity contribution in [1.82, 2.24) is 97.0 Å². The Morgan fingerprint density at radius 3 is 1.09 bits per heavy atom. The lowest BCUT2D eigenvalue weighted by molar-refractivity contribution is -0.135. The molecule has 6 aromatic rings. The van der Waals surface area contributed by atoms with Crippen molar-refractivity contribution in [2.75, 3.05) is 52.7 Å². The molecule has 6 rings (SSSR count). The van der Waals surface area contributed by atoms with E-state index in [1.54, 1.807) is 0 Å². The van der Waals surface area contributed by atoms with Gasteiger partial charge < -0.3 is 87.1 Å². The third-order valence-corrected chi connectivity index (χ3v) is 11.3. The molecule has 0 aliphatic carbocycles. The number of aromatic nitrogens is 12. The van der Waals surface area contributed by atoms with Gasteiger partial charge in [-0.2, -0.15) is 0 Å². The molecule has 15 N–H and O–H groups in total. The van der Waals surface area contributed by atoms with Crippen LogP contribution in [0.15, 0.2) is 75.1 Å². The summed E-state index contributed by atoms with van der Waals surface area (Å²) >= 11 is 0. The lowest BCUT2D eigenvalue weighted by Gasteiger charge is -2.27. The average molecular weight is 1060 g/mol. The second-order valence-corrected chi connectivity index (χ2v) is 17.1. The molecule has 0 bridgehead atoms. The van der Waals surface area contributed by atoms with Crippen molar-refractivity contribution < 1.29 is 47.8 Å². The van der Waals surface area contributed by atoms with Crippen molar-refractivity contribution in [3.8, 4) is 0 Å². The summed E-state index contributed by atoms with van der Waals surface area (Å²) in [6.07, 6.45) is 16.9. The van der Waals surface area contributed by atoms with Crippen LogP contribution >= 0.6 is 0 Å². The third kappa shape index (κ3) is 19.3. The van der Waals surface area contributed by atoms with E-state index in [-0.39, 0.29) is 77.4 Å². The van der Waals surface area contributed by atoms with Crippen molar-refractivity contribution in [1.29, 1.82) is 0 Å². The fourth-order valence-electron chi connectivity index (χ4n) is 7.43. The number of carbonyl (C=O) groups is 7. The number of hydrogen-bond acceptors (Lipinski definition) is 17. The minimum atomic E-state index is -1.40. The summed E-state index contributed by atoms with van der Waals surface area (Å²) < 4.78 is 16.1. The second-order valence-electron chi connectivity index (χ2n) is 17.1. The Hall–Kier alpha value is -8.61. The van der Waals surface area contributed by atoms with E-state index in [1.165, 1.54) is 75.1 Å². The highest BCUT2D eigenvalue weighted by Gasteiger charge is 2.34. The zero-order valence-corrected chi connectivity index (χ0v) is 41.6. The maximum absolute atomic E-state index is 14.6. The number of ether oxygens (including phenoxy) is 3. The molecule has 0 aliphatic heterocycles. The molecule has 76 heavy (non-hydrogen) atoms. The van der Waals surface area contributed by atoms with Crippen LogP contribution in [0.4, 0.5) is 0 Å². The predicted octanol–water partition coefficient (Wildman–Crippen LogP) is -4.17. The van der Waals surface area contributed by atoms with Crippen LogP contribution in [0.1, 0.15) is 41.1 Å². The van der Waals surface area contributed by atoms with Crippen molar-refractivity contribution in [3.05, 3.63) is 109 Å². The number of rotatable bonds is 35. The topological polar surface area (TPSA) is 429 Å². The van der Waals surface area contributed by atoms with Gasteiger partial charge in [0.1, 0.15) is 36.8 Å². The summed E-state index contributed by atoms with van der Waals surface area (Å²) in [5, 5.41) is 19.1. The van der Waals surface area contributed by atoms with Crippen molar-refractivity contribution in [2.24, 2.45) is 5.73 Å². The van der Waals surface area contributed by atoms with Gasteiger partial charge in [0.25, 0.3) is 0 Å². The molecular formula is C46H64N20O10. The number of imidazole rings is 6. The number of nitrogens with zero attached hydrogens (tertiary/aromatic N) is 6.